The second kappa shape index (κ2) is 12.4. The summed E-state index contributed by atoms with van der Waals surface area (Å²) in [5.74, 6) is 0.491. The summed E-state index contributed by atoms with van der Waals surface area (Å²) in [6.07, 6.45) is 0. The van der Waals surface area contributed by atoms with Gasteiger partial charge in [0.25, 0.3) is 0 Å². The van der Waals surface area contributed by atoms with E-state index in [1.54, 1.807) is 18.4 Å². The quantitative estimate of drug-likeness (QED) is 0.315. The van der Waals surface area contributed by atoms with Gasteiger partial charge in [0, 0.05) is 46.2 Å². The lowest BCUT2D eigenvalue weighted by Crippen LogP contribution is -2.46. The first-order valence-corrected chi connectivity index (χ1v) is 10.6. The number of hydrogen-bond acceptors (Lipinski definition) is 6. The van der Waals surface area contributed by atoms with Crippen molar-refractivity contribution in [3.63, 3.8) is 0 Å². The molecule has 7 nitrogen and oxygen atoms in total. The van der Waals surface area contributed by atoms with E-state index in [4.69, 9.17) is 4.74 Å². The minimum Gasteiger partial charge on any atom is -0.379 e. The average molecular weight is 548 g/mol. The molecule has 10 heteroatoms. The maximum absolute atomic E-state index is 13.4. The van der Waals surface area contributed by atoms with Gasteiger partial charge in [-0.25, -0.2) is 9.37 Å². The molecule has 0 amide bonds. The highest BCUT2D eigenvalue weighted by molar-refractivity contribution is 14.0. The molecule has 1 aromatic heterocycles. The Balaban J connectivity index is 0.00000320. The number of nitrogens with zero attached hydrogens (tertiary/aromatic N) is 4. The van der Waals surface area contributed by atoms with Crippen LogP contribution >= 0.6 is 35.3 Å². The zero-order valence-corrected chi connectivity index (χ0v) is 20.7. The summed E-state index contributed by atoms with van der Waals surface area (Å²) in [5, 5.41) is 9.75. The molecule has 1 atom stereocenters. The van der Waals surface area contributed by atoms with Crippen molar-refractivity contribution in [3.05, 3.63) is 46.7 Å². The van der Waals surface area contributed by atoms with Crippen LogP contribution in [-0.4, -0.2) is 69.8 Å². The SMILES string of the molecule is CN=C(NCc1csc(N(C)C)n1)NCC(c1ccc(F)cc1)N1CCOCC1.I. The van der Waals surface area contributed by atoms with Crippen LogP contribution in [0.2, 0.25) is 0 Å². The van der Waals surface area contributed by atoms with Crippen LogP contribution in [0.25, 0.3) is 0 Å². The van der Waals surface area contributed by atoms with Crippen molar-refractivity contribution in [2.75, 3.05) is 58.9 Å². The number of benzene rings is 1. The lowest BCUT2D eigenvalue weighted by molar-refractivity contribution is 0.0170. The predicted octanol–water partition coefficient (Wildman–Crippen LogP) is 2.70. The summed E-state index contributed by atoms with van der Waals surface area (Å²) in [4.78, 5) is 13.3. The topological polar surface area (TPSA) is 65.0 Å². The zero-order chi connectivity index (χ0) is 20.6. The number of nitrogens with one attached hydrogen (secondary N) is 2. The smallest absolute Gasteiger partial charge is 0.191 e. The lowest BCUT2D eigenvalue weighted by Gasteiger charge is -2.35. The number of ether oxygens (including phenoxy) is 1. The third-order valence-corrected chi connectivity index (χ3v) is 5.84. The lowest BCUT2D eigenvalue weighted by atomic mass is 10.0. The Morgan fingerprint density at radius 3 is 2.57 bits per heavy atom. The van der Waals surface area contributed by atoms with Crippen LogP contribution in [-0.2, 0) is 11.3 Å². The van der Waals surface area contributed by atoms with E-state index in [1.807, 2.05) is 36.5 Å². The molecule has 30 heavy (non-hydrogen) atoms. The highest BCUT2D eigenvalue weighted by Gasteiger charge is 2.23. The van der Waals surface area contributed by atoms with Gasteiger partial charge >= 0.3 is 0 Å². The first-order chi connectivity index (χ1) is 14.1. The molecule has 0 saturated carbocycles. The zero-order valence-electron chi connectivity index (χ0n) is 17.6. The third-order valence-electron chi connectivity index (χ3n) is 4.79. The van der Waals surface area contributed by atoms with E-state index in [1.165, 1.54) is 12.1 Å². The van der Waals surface area contributed by atoms with Crippen molar-refractivity contribution in [3.8, 4) is 0 Å². The van der Waals surface area contributed by atoms with Crippen molar-refractivity contribution in [1.82, 2.24) is 20.5 Å². The molecule has 2 heterocycles. The van der Waals surface area contributed by atoms with E-state index in [0.717, 1.165) is 29.5 Å². The molecule has 2 N–H and O–H groups in total. The van der Waals surface area contributed by atoms with Crippen LogP contribution in [0.4, 0.5) is 9.52 Å². The Hall–Kier alpha value is -1.50. The molecule has 1 aromatic carbocycles. The van der Waals surface area contributed by atoms with Gasteiger partial charge in [0.15, 0.2) is 11.1 Å². The molecule has 166 valence electrons. The summed E-state index contributed by atoms with van der Waals surface area (Å²) < 4.78 is 18.9. The molecular formula is C20H30FIN6OS. The van der Waals surface area contributed by atoms with Gasteiger partial charge < -0.3 is 20.3 Å². The Labute approximate surface area is 198 Å². The first-order valence-electron chi connectivity index (χ1n) is 9.70. The van der Waals surface area contributed by atoms with Crippen molar-refractivity contribution in [2.24, 2.45) is 4.99 Å². The summed E-state index contributed by atoms with van der Waals surface area (Å²) in [7, 11) is 5.72. The van der Waals surface area contributed by atoms with Gasteiger partial charge in [0.1, 0.15) is 5.82 Å². The van der Waals surface area contributed by atoms with E-state index in [-0.39, 0.29) is 35.8 Å². The van der Waals surface area contributed by atoms with Gasteiger partial charge in [-0.3, -0.25) is 9.89 Å². The monoisotopic (exact) mass is 548 g/mol. The van der Waals surface area contributed by atoms with Crippen LogP contribution in [0.5, 0.6) is 0 Å². The maximum atomic E-state index is 13.4. The number of aliphatic imine (C=N–C) groups is 1. The highest BCUT2D eigenvalue weighted by Crippen LogP contribution is 2.22. The molecule has 1 fully saturated rings. The van der Waals surface area contributed by atoms with E-state index < -0.39 is 0 Å². The number of rotatable bonds is 7. The number of morpholine rings is 1. The van der Waals surface area contributed by atoms with Crippen LogP contribution in [0.15, 0.2) is 34.6 Å². The fourth-order valence-corrected chi connectivity index (χ4v) is 3.96. The van der Waals surface area contributed by atoms with Crippen molar-refractivity contribution in [2.45, 2.75) is 12.6 Å². The Kier molecular flexibility index (Phi) is 10.2. The van der Waals surface area contributed by atoms with Crippen LogP contribution < -0.4 is 15.5 Å². The third kappa shape index (κ3) is 7.03. The van der Waals surface area contributed by atoms with Gasteiger partial charge in [-0.05, 0) is 17.7 Å². The van der Waals surface area contributed by atoms with Crippen molar-refractivity contribution >= 4 is 46.4 Å². The number of thiazole rings is 1. The van der Waals surface area contributed by atoms with Gasteiger partial charge in [-0.1, -0.05) is 12.1 Å². The van der Waals surface area contributed by atoms with Gasteiger partial charge in [-0.15, -0.1) is 35.3 Å². The minimum absolute atomic E-state index is 0. The Morgan fingerprint density at radius 2 is 1.97 bits per heavy atom. The van der Waals surface area contributed by atoms with E-state index >= 15 is 0 Å². The summed E-state index contributed by atoms with van der Waals surface area (Å²) >= 11 is 1.62. The molecule has 1 unspecified atom stereocenters. The number of guanidine groups is 1. The van der Waals surface area contributed by atoms with E-state index in [9.17, 15) is 4.39 Å². The summed E-state index contributed by atoms with van der Waals surface area (Å²) in [6, 6.07) is 6.84. The average Bonchev–Trinajstić information content (AvgIpc) is 3.22. The second-order valence-electron chi connectivity index (χ2n) is 7.04. The number of hydrogen-bond donors (Lipinski definition) is 2. The molecule has 2 aromatic rings. The van der Waals surface area contributed by atoms with E-state index in [2.05, 4.69) is 25.5 Å². The summed E-state index contributed by atoms with van der Waals surface area (Å²) in [6.45, 7) is 4.38. The molecular weight excluding hydrogens is 518 g/mol. The van der Waals surface area contributed by atoms with Gasteiger partial charge in [-0.2, -0.15) is 0 Å². The van der Waals surface area contributed by atoms with Crippen LogP contribution in [0.3, 0.4) is 0 Å². The molecule has 1 aliphatic rings. The molecule has 0 aliphatic carbocycles. The standard InChI is InChI=1S/C20H29FN6OS.HI/c1-22-19(23-12-17-14-29-20(25-17)26(2)3)24-13-18(27-8-10-28-11-9-27)15-4-6-16(21)7-5-15;/h4-7,14,18H,8-13H2,1-3H3,(H2,22,23,24);1H. The normalized spacial score (nSPS) is 15.9. The maximum Gasteiger partial charge on any atom is 0.191 e. The molecule has 0 radical (unpaired) electrons. The number of halogens is 2. The van der Waals surface area contributed by atoms with Gasteiger partial charge in [0.05, 0.1) is 31.5 Å². The molecule has 0 bridgehead atoms. The number of anilines is 1. The largest absolute Gasteiger partial charge is 0.379 e. The van der Waals surface area contributed by atoms with Crippen LogP contribution in [0, 0.1) is 5.82 Å². The van der Waals surface area contributed by atoms with Crippen molar-refractivity contribution in [1.29, 1.82) is 0 Å². The second-order valence-corrected chi connectivity index (χ2v) is 7.87. The fraction of sp³-hybridized carbons (Fsp3) is 0.500. The van der Waals surface area contributed by atoms with Gasteiger partial charge in [0.2, 0.25) is 0 Å². The first kappa shape index (κ1) is 24.8. The number of aromatic nitrogens is 1. The molecule has 1 aliphatic heterocycles. The minimum atomic E-state index is -0.222. The van der Waals surface area contributed by atoms with Crippen LogP contribution in [0.1, 0.15) is 17.3 Å². The van der Waals surface area contributed by atoms with E-state index in [0.29, 0.717) is 32.3 Å². The molecule has 3 rings (SSSR count). The molecule has 1 saturated heterocycles. The summed E-state index contributed by atoms with van der Waals surface area (Å²) in [5.41, 5.74) is 2.05. The fourth-order valence-electron chi connectivity index (χ4n) is 3.20. The Morgan fingerprint density at radius 1 is 1.27 bits per heavy atom. The Bertz CT molecular complexity index is 795. The van der Waals surface area contributed by atoms with Crippen molar-refractivity contribution < 1.29 is 9.13 Å². The highest BCUT2D eigenvalue weighted by atomic mass is 127. The molecule has 0 spiro atoms. The predicted molar refractivity (Wildman–Crippen MR) is 132 cm³/mol.